The molecular weight excluding hydrogens is 526 g/mol. The normalized spacial score (nSPS) is 12.0. The second-order valence-electron chi connectivity index (χ2n) is 7.93. The van der Waals surface area contributed by atoms with Gasteiger partial charge in [-0.15, -0.1) is 0 Å². The number of ether oxygens (including phenoxy) is 2. The summed E-state index contributed by atoms with van der Waals surface area (Å²) >= 11 is 1.36. The summed E-state index contributed by atoms with van der Waals surface area (Å²) in [5.74, 6) is 0.174. The van der Waals surface area contributed by atoms with Crippen LogP contribution in [0.15, 0.2) is 52.4 Å². The van der Waals surface area contributed by atoms with E-state index in [9.17, 15) is 13.2 Å². The molecule has 0 aliphatic heterocycles. The minimum atomic E-state index is -3.93. The van der Waals surface area contributed by atoms with Gasteiger partial charge in [0, 0.05) is 44.6 Å². The maximum atomic E-state index is 13.1. The van der Waals surface area contributed by atoms with E-state index in [1.165, 1.54) is 35.6 Å². The van der Waals surface area contributed by atoms with Gasteiger partial charge in [-0.1, -0.05) is 17.4 Å². The molecule has 0 aliphatic carbocycles. The molecule has 0 bridgehead atoms. The molecule has 3 rings (SSSR count). The van der Waals surface area contributed by atoms with Crippen LogP contribution in [0.5, 0.6) is 5.75 Å². The highest BCUT2D eigenvalue weighted by molar-refractivity contribution is 7.89. The SMILES string of the molecule is CCOCCn1c(=NC(=O)c2ccc(S(=O)(=O)N(CCC#N)CCC#N)cc2)sc2cccc(OCC)c21. The number of rotatable bonds is 13. The maximum Gasteiger partial charge on any atom is 0.279 e. The third kappa shape index (κ3) is 6.85. The summed E-state index contributed by atoms with van der Waals surface area (Å²) in [4.78, 5) is 17.9. The number of fused-ring (bicyclic) bond motifs is 1. The van der Waals surface area contributed by atoms with Crippen molar-refractivity contribution in [2.45, 2.75) is 38.1 Å². The number of carbonyl (C=O) groups is 1. The van der Waals surface area contributed by atoms with Crippen molar-refractivity contribution in [2.24, 2.45) is 4.99 Å². The first-order chi connectivity index (χ1) is 18.4. The first-order valence-electron chi connectivity index (χ1n) is 12.1. The number of hydrogen-bond acceptors (Lipinski definition) is 8. The first kappa shape index (κ1) is 29.0. The Hall–Kier alpha value is -3.55. The van der Waals surface area contributed by atoms with E-state index >= 15 is 0 Å². The molecule has 12 heteroatoms. The zero-order valence-corrected chi connectivity index (χ0v) is 22.9. The van der Waals surface area contributed by atoms with Crippen LogP contribution in [0, 0.1) is 22.7 Å². The van der Waals surface area contributed by atoms with E-state index in [1.807, 2.05) is 48.8 Å². The summed E-state index contributed by atoms with van der Waals surface area (Å²) < 4.78 is 41.3. The Balaban J connectivity index is 1.96. The van der Waals surface area contributed by atoms with Crippen molar-refractivity contribution in [3.63, 3.8) is 0 Å². The van der Waals surface area contributed by atoms with Gasteiger partial charge in [-0.2, -0.15) is 19.8 Å². The summed E-state index contributed by atoms with van der Waals surface area (Å²) in [6.45, 7) is 5.74. The average Bonchev–Trinajstić information content (AvgIpc) is 3.26. The molecule has 0 unspecified atom stereocenters. The zero-order chi connectivity index (χ0) is 27.5. The van der Waals surface area contributed by atoms with E-state index in [1.54, 1.807) is 0 Å². The van der Waals surface area contributed by atoms with Crippen LogP contribution in [0.2, 0.25) is 0 Å². The van der Waals surface area contributed by atoms with Gasteiger partial charge in [0.2, 0.25) is 10.0 Å². The van der Waals surface area contributed by atoms with Crippen LogP contribution in [0.25, 0.3) is 10.2 Å². The Kier molecular flexibility index (Phi) is 10.6. The number of sulfonamides is 1. The van der Waals surface area contributed by atoms with Crippen LogP contribution in [0.4, 0.5) is 0 Å². The average molecular weight is 556 g/mol. The molecule has 0 N–H and O–H groups in total. The number of carbonyl (C=O) groups excluding carboxylic acids is 1. The van der Waals surface area contributed by atoms with Crippen molar-refractivity contribution in [2.75, 3.05) is 32.9 Å². The minimum Gasteiger partial charge on any atom is -0.492 e. The molecule has 0 saturated carbocycles. The molecule has 1 amide bonds. The summed E-state index contributed by atoms with van der Waals surface area (Å²) in [5.41, 5.74) is 1.06. The standard InChI is InChI=1S/C26H29N5O5S2/c1-3-35-19-18-31-24-22(36-4-2)8-5-9-23(24)37-26(31)29-25(32)20-10-12-21(13-11-20)38(33,34)30(16-6-14-27)17-7-15-28/h5,8-13H,3-4,6-7,16-19H2,1-2H3. The molecule has 0 saturated heterocycles. The Morgan fingerprint density at radius 2 is 1.74 bits per heavy atom. The molecule has 0 spiro atoms. The van der Waals surface area contributed by atoms with Crippen LogP contribution < -0.4 is 9.54 Å². The smallest absolute Gasteiger partial charge is 0.279 e. The highest BCUT2D eigenvalue weighted by Gasteiger charge is 2.24. The van der Waals surface area contributed by atoms with Gasteiger partial charge in [-0.05, 0) is 50.2 Å². The summed E-state index contributed by atoms with van der Waals surface area (Å²) in [5, 5.41) is 17.7. The molecule has 0 aliphatic rings. The lowest BCUT2D eigenvalue weighted by Gasteiger charge is -2.20. The van der Waals surface area contributed by atoms with Crippen molar-refractivity contribution < 1.29 is 22.7 Å². The number of nitriles is 2. The monoisotopic (exact) mass is 555 g/mol. The largest absolute Gasteiger partial charge is 0.492 e. The van der Waals surface area contributed by atoms with Gasteiger partial charge in [0.15, 0.2) is 4.80 Å². The van der Waals surface area contributed by atoms with E-state index in [4.69, 9.17) is 20.0 Å². The molecule has 38 heavy (non-hydrogen) atoms. The van der Waals surface area contributed by atoms with Crippen molar-refractivity contribution in [1.82, 2.24) is 8.87 Å². The highest BCUT2D eigenvalue weighted by atomic mass is 32.2. The minimum absolute atomic E-state index is 0.00355. The molecular formula is C26H29N5O5S2. The van der Waals surface area contributed by atoms with Crippen LogP contribution >= 0.6 is 11.3 Å². The lowest BCUT2D eigenvalue weighted by molar-refractivity contribution is 0.0996. The van der Waals surface area contributed by atoms with Gasteiger partial charge in [0.05, 0.1) is 34.9 Å². The Labute approximate surface area is 226 Å². The molecule has 2 aromatic carbocycles. The third-order valence-electron chi connectivity index (χ3n) is 5.51. The predicted molar refractivity (Wildman–Crippen MR) is 143 cm³/mol. The van der Waals surface area contributed by atoms with Crippen molar-refractivity contribution >= 4 is 37.5 Å². The van der Waals surface area contributed by atoms with Crippen LogP contribution in [0.1, 0.15) is 37.0 Å². The fourth-order valence-electron chi connectivity index (χ4n) is 3.73. The maximum absolute atomic E-state index is 13.1. The molecule has 0 fully saturated rings. The number of benzene rings is 2. The Morgan fingerprint density at radius 3 is 2.34 bits per heavy atom. The van der Waals surface area contributed by atoms with Gasteiger partial charge in [-0.25, -0.2) is 8.42 Å². The second kappa shape index (κ2) is 13.8. The number of para-hydroxylation sites is 1. The van der Waals surface area contributed by atoms with Gasteiger partial charge in [-0.3, -0.25) is 4.79 Å². The van der Waals surface area contributed by atoms with Crippen molar-refractivity contribution in [3.8, 4) is 17.9 Å². The van der Waals surface area contributed by atoms with E-state index in [0.717, 1.165) is 14.5 Å². The number of nitrogens with zero attached hydrogens (tertiary/aromatic N) is 5. The lowest BCUT2D eigenvalue weighted by Crippen LogP contribution is -2.32. The van der Waals surface area contributed by atoms with Gasteiger partial charge in [0.1, 0.15) is 11.3 Å². The van der Waals surface area contributed by atoms with E-state index in [2.05, 4.69) is 4.99 Å². The van der Waals surface area contributed by atoms with Crippen LogP contribution in [-0.2, 0) is 21.3 Å². The predicted octanol–water partition coefficient (Wildman–Crippen LogP) is 3.70. The van der Waals surface area contributed by atoms with Crippen molar-refractivity contribution in [1.29, 1.82) is 10.5 Å². The molecule has 0 atom stereocenters. The van der Waals surface area contributed by atoms with Crippen molar-refractivity contribution in [3.05, 3.63) is 52.8 Å². The summed E-state index contributed by atoms with van der Waals surface area (Å²) in [6.07, 6.45) is 0.00711. The number of amides is 1. The van der Waals surface area contributed by atoms with E-state index in [0.29, 0.717) is 36.9 Å². The Bertz CT molecular complexity index is 1490. The lowest BCUT2D eigenvalue weighted by atomic mass is 10.2. The summed E-state index contributed by atoms with van der Waals surface area (Å²) in [7, 11) is -3.93. The quantitative estimate of drug-likeness (QED) is 0.293. The molecule has 200 valence electrons. The first-order valence-corrected chi connectivity index (χ1v) is 14.4. The van der Waals surface area contributed by atoms with Crippen LogP contribution in [0.3, 0.4) is 0 Å². The number of thiazole rings is 1. The molecule has 0 radical (unpaired) electrons. The number of aromatic nitrogens is 1. The topological polar surface area (TPSA) is 138 Å². The molecule has 1 aromatic heterocycles. The summed E-state index contributed by atoms with van der Waals surface area (Å²) in [6, 6.07) is 15.0. The highest BCUT2D eigenvalue weighted by Crippen LogP contribution is 2.28. The van der Waals surface area contributed by atoms with Gasteiger partial charge < -0.3 is 14.0 Å². The van der Waals surface area contributed by atoms with E-state index in [-0.39, 0.29) is 36.4 Å². The fourth-order valence-corrected chi connectivity index (χ4v) is 6.25. The van der Waals surface area contributed by atoms with Crippen LogP contribution in [-0.4, -0.2) is 56.1 Å². The molecule has 1 heterocycles. The Morgan fingerprint density at radius 1 is 1.05 bits per heavy atom. The fraction of sp³-hybridized carbons (Fsp3) is 0.385. The third-order valence-corrected chi connectivity index (χ3v) is 8.47. The second-order valence-corrected chi connectivity index (χ2v) is 10.9. The van der Waals surface area contributed by atoms with E-state index < -0.39 is 15.9 Å². The van der Waals surface area contributed by atoms with Gasteiger partial charge >= 0.3 is 0 Å². The zero-order valence-electron chi connectivity index (χ0n) is 21.3. The van der Waals surface area contributed by atoms with Gasteiger partial charge in [0.25, 0.3) is 5.91 Å². The molecule has 3 aromatic rings. The number of hydrogen-bond donors (Lipinski definition) is 0. The molecule has 10 nitrogen and oxygen atoms in total.